The number of nitrogens with zero attached hydrogens (tertiary/aromatic N) is 6. The maximum atomic E-state index is 12.4. The molecule has 2 aromatic rings. The van der Waals surface area contributed by atoms with Crippen LogP contribution in [0.15, 0.2) is 30.6 Å². The molecule has 1 aliphatic carbocycles. The fourth-order valence-corrected chi connectivity index (χ4v) is 2.96. The summed E-state index contributed by atoms with van der Waals surface area (Å²) in [5, 5.41) is 8.11. The standard InChI is InChI=1S/C16H18N6O2/c1-16(5-6-16)21-9-8-20(14(23)15(21)24)10-12-11-22(19-18-12)13-4-2-3-7-17-13/h2-4,7,11H,5-6,8-10H2,1H3. The van der Waals surface area contributed by atoms with Gasteiger partial charge in [0, 0.05) is 24.8 Å². The summed E-state index contributed by atoms with van der Waals surface area (Å²) < 4.78 is 1.56. The summed E-state index contributed by atoms with van der Waals surface area (Å²) in [6.45, 7) is 3.42. The van der Waals surface area contributed by atoms with Crippen molar-refractivity contribution in [2.75, 3.05) is 13.1 Å². The summed E-state index contributed by atoms with van der Waals surface area (Å²) in [5.41, 5.74) is 0.522. The van der Waals surface area contributed by atoms with Crippen LogP contribution in [0.2, 0.25) is 0 Å². The number of amides is 2. The van der Waals surface area contributed by atoms with Gasteiger partial charge in [0.05, 0.1) is 12.7 Å². The fourth-order valence-electron chi connectivity index (χ4n) is 2.96. The van der Waals surface area contributed by atoms with E-state index in [1.165, 1.54) is 4.90 Å². The minimum absolute atomic E-state index is 0.110. The zero-order chi connectivity index (χ0) is 16.7. The van der Waals surface area contributed by atoms with Crippen LogP contribution in [0.25, 0.3) is 5.82 Å². The first-order chi connectivity index (χ1) is 11.6. The van der Waals surface area contributed by atoms with Crippen LogP contribution in [-0.2, 0) is 16.1 Å². The number of pyridine rings is 1. The molecular weight excluding hydrogens is 308 g/mol. The average Bonchev–Trinajstić information content (AvgIpc) is 3.17. The van der Waals surface area contributed by atoms with Gasteiger partial charge in [-0.25, -0.2) is 9.67 Å². The second kappa shape index (κ2) is 5.40. The smallest absolute Gasteiger partial charge is 0.312 e. The molecule has 8 heteroatoms. The van der Waals surface area contributed by atoms with Gasteiger partial charge < -0.3 is 9.80 Å². The minimum atomic E-state index is -0.457. The van der Waals surface area contributed by atoms with Gasteiger partial charge in [-0.05, 0) is 31.9 Å². The van der Waals surface area contributed by atoms with E-state index in [1.54, 1.807) is 22.0 Å². The summed E-state index contributed by atoms with van der Waals surface area (Å²) in [6.07, 6.45) is 5.36. The van der Waals surface area contributed by atoms with Gasteiger partial charge in [0.15, 0.2) is 5.82 Å². The first kappa shape index (κ1) is 14.8. The lowest BCUT2D eigenvalue weighted by atomic mass is 10.2. The second-order valence-corrected chi connectivity index (χ2v) is 6.52. The summed E-state index contributed by atoms with van der Waals surface area (Å²) in [4.78, 5) is 32.1. The zero-order valence-corrected chi connectivity index (χ0v) is 13.4. The van der Waals surface area contributed by atoms with Crippen LogP contribution < -0.4 is 0 Å². The van der Waals surface area contributed by atoms with E-state index in [2.05, 4.69) is 15.3 Å². The minimum Gasteiger partial charge on any atom is -0.327 e. The van der Waals surface area contributed by atoms with Crippen LogP contribution in [0.3, 0.4) is 0 Å². The third-order valence-corrected chi connectivity index (χ3v) is 4.71. The topological polar surface area (TPSA) is 84.2 Å². The number of hydrogen-bond acceptors (Lipinski definition) is 5. The van der Waals surface area contributed by atoms with Crippen LogP contribution in [-0.4, -0.2) is 60.2 Å². The largest absolute Gasteiger partial charge is 0.327 e. The summed E-state index contributed by atoms with van der Waals surface area (Å²) in [5.74, 6) is -0.203. The molecule has 0 spiro atoms. The van der Waals surface area contributed by atoms with E-state index < -0.39 is 11.8 Å². The number of rotatable bonds is 4. The van der Waals surface area contributed by atoms with E-state index in [9.17, 15) is 9.59 Å². The monoisotopic (exact) mass is 326 g/mol. The molecule has 0 aromatic carbocycles. The van der Waals surface area contributed by atoms with Crippen molar-refractivity contribution < 1.29 is 9.59 Å². The lowest BCUT2D eigenvalue weighted by Crippen LogP contribution is -2.57. The normalized spacial score (nSPS) is 19.7. The number of carbonyl (C=O) groups excluding carboxylic acids is 2. The van der Waals surface area contributed by atoms with E-state index in [1.807, 2.05) is 25.1 Å². The van der Waals surface area contributed by atoms with Gasteiger partial charge in [-0.2, -0.15) is 0 Å². The molecule has 2 aromatic heterocycles. The van der Waals surface area contributed by atoms with Gasteiger partial charge in [0.1, 0.15) is 5.69 Å². The Morgan fingerprint density at radius 1 is 1.17 bits per heavy atom. The number of aromatic nitrogens is 4. The van der Waals surface area contributed by atoms with E-state index in [4.69, 9.17) is 0 Å². The molecule has 2 amide bonds. The van der Waals surface area contributed by atoms with Crippen LogP contribution >= 0.6 is 0 Å². The molecule has 0 N–H and O–H groups in total. The van der Waals surface area contributed by atoms with Crippen molar-refractivity contribution >= 4 is 11.8 Å². The van der Waals surface area contributed by atoms with Gasteiger partial charge in [0.2, 0.25) is 0 Å². The lowest BCUT2D eigenvalue weighted by molar-refractivity contribution is -0.158. The van der Waals surface area contributed by atoms with Crippen molar-refractivity contribution in [1.82, 2.24) is 29.8 Å². The number of hydrogen-bond donors (Lipinski definition) is 0. The molecule has 1 saturated heterocycles. The number of carbonyl (C=O) groups is 2. The molecule has 124 valence electrons. The average molecular weight is 326 g/mol. The second-order valence-electron chi connectivity index (χ2n) is 6.52. The van der Waals surface area contributed by atoms with Gasteiger partial charge in [-0.15, -0.1) is 5.10 Å². The predicted molar refractivity (Wildman–Crippen MR) is 83.9 cm³/mol. The maximum absolute atomic E-state index is 12.4. The van der Waals surface area contributed by atoms with Crippen LogP contribution in [0.1, 0.15) is 25.5 Å². The van der Waals surface area contributed by atoms with Crippen molar-refractivity contribution in [1.29, 1.82) is 0 Å². The van der Waals surface area contributed by atoms with Gasteiger partial charge in [-0.3, -0.25) is 9.59 Å². The Kier molecular flexibility index (Phi) is 3.33. The first-order valence-corrected chi connectivity index (χ1v) is 8.00. The van der Waals surface area contributed by atoms with Crippen molar-refractivity contribution in [2.45, 2.75) is 31.8 Å². The van der Waals surface area contributed by atoms with Crippen molar-refractivity contribution in [3.05, 3.63) is 36.3 Å². The lowest BCUT2D eigenvalue weighted by Gasteiger charge is -2.37. The Hall–Kier alpha value is -2.77. The van der Waals surface area contributed by atoms with Gasteiger partial charge >= 0.3 is 11.8 Å². The molecule has 8 nitrogen and oxygen atoms in total. The summed E-state index contributed by atoms with van der Waals surface area (Å²) in [7, 11) is 0. The SMILES string of the molecule is CC1(N2CCN(Cc3cn(-c4ccccn4)nn3)C(=O)C2=O)CC1. The molecule has 0 unspecified atom stereocenters. The molecule has 2 aliphatic rings. The molecule has 3 heterocycles. The Morgan fingerprint density at radius 3 is 2.71 bits per heavy atom. The molecule has 2 fully saturated rings. The van der Waals surface area contributed by atoms with Crippen molar-refractivity contribution in [2.24, 2.45) is 0 Å². The summed E-state index contributed by atoms with van der Waals surface area (Å²) in [6, 6.07) is 5.51. The Balaban J connectivity index is 1.46. The third-order valence-electron chi connectivity index (χ3n) is 4.71. The number of piperazine rings is 1. The molecule has 0 atom stereocenters. The fraction of sp³-hybridized carbons (Fsp3) is 0.438. The molecule has 1 saturated carbocycles. The molecule has 24 heavy (non-hydrogen) atoms. The molecule has 0 radical (unpaired) electrons. The Bertz CT molecular complexity index is 783. The third kappa shape index (κ3) is 2.53. The highest BCUT2D eigenvalue weighted by atomic mass is 16.2. The zero-order valence-electron chi connectivity index (χ0n) is 13.4. The quantitative estimate of drug-likeness (QED) is 0.759. The van der Waals surface area contributed by atoms with Crippen molar-refractivity contribution in [3.63, 3.8) is 0 Å². The highest BCUT2D eigenvalue weighted by Crippen LogP contribution is 2.41. The molecular formula is C16H18N6O2. The van der Waals surface area contributed by atoms with E-state index in [0.717, 1.165) is 12.8 Å². The highest BCUT2D eigenvalue weighted by Gasteiger charge is 2.49. The maximum Gasteiger partial charge on any atom is 0.312 e. The molecule has 4 rings (SSSR count). The van der Waals surface area contributed by atoms with Gasteiger partial charge in [0.25, 0.3) is 0 Å². The highest BCUT2D eigenvalue weighted by molar-refractivity contribution is 6.35. The Morgan fingerprint density at radius 2 is 2.00 bits per heavy atom. The Labute approximate surface area is 139 Å². The summed E-state index contributed by atoms with van der Waals surface area (Å²) >= 11 is 0. The predicted octanol–water partition coefficient (Wildman–Crippen LogP) is 0.386. The molecule has 1 aliphatic heterocycles. The van der Waals surface area contributed by atoms with E-state index in [0.29, 0.717) is 24.6 Å². The molecule has 0 bridgehead atoms. The van der Waals surface area contributed by atoms with Crippen LogP contribution in [0.4, 0.5) is 0 Å². The van der Waals surface area contributed by atoms with E-state index in [-0.39, 0.29) is 12.1 Å². The van der Waals surface area contributed by atoms with Gasteiger partial charge in [-0.1, -0.05) is 11.3 Å². The van der Waals surface area contributed by atoms with Crippen LogP contribution in [0, 0.1) is 0 Å². The van der Waals surface area contributed by atoms with Crippen LogP contribution in [0.5, 0.6) is 0 Å². The first-order valence-electron chi connectivity index (χ1n) is 8.00. The van der Waals surface area contributed by atoms with E-state index >= 15 is 0 Å². The van der Waals surface area contributed by atoms with Crippen molar-refractivity contribution in [3.8, 4) is 5.82 Å².